The van der Waals surface area contributed by atoms with Gasteiger partial charge in [-0.05, 0) is 49.1 Å². The van der Waals surface area contributed by atoms with Crippen molar-refractivity contribution in [1.82, 2.24) is 15.0 Å². The minimum atomic E-state index is 0.328. The van der Waals surface area contributed by atoms with Gasteiger partial charge in [-0.2, -0.15) is 15.0 Å². The molecule has 1 aliphatic carbocycles. The number of hydrogen-bond acceptors (Lipinski definition) is 5. The summed E-state index contributed by atoms with van der Waals surface area (Å²) in [4.78, 5) is 17.9. The third kappa shape index (κ3) is 2.22. The Morgan fingerprint density at radius 2 is 1.40 bits per heavy atom. The Kier molecular flexibility index (Phi) is 3.17. The van der Waals surface area contributed by atoms with Crippen molar-refractivity contribution in [2.24, 2.45) is 11.8 Å². The average Bonchev–Trinajstić information content (AvgIpc) is 3.14. The van der Waals surface area contributed by atoms with E-state index in [4.69, 9.17) is 11.6 Å². The second kappa shape index (κ2) is 5.02. The number of rotatable bonds is 2. The zero-order valence-corrected chi connectivity index (χ0v) is 12.4. The van der Waals surface area contributed by atoms with E-state index in [1.807, 2.05) is 0 Å². The summed E-state index contributed by atoms with van der Waals surface area (Å²) in [7, 11) is 0. The quantitative estimate of drug-likeness (QED) is 0.837. The van der Waals surface area contributed by atoms with Gasteiger partial charge in [0.1, 0.15) is 0 Å². The summed E-state index contributed by atoms with van der Waals surface area (Å²) in [5.41, 5.74) is 0. The Balaban J connectivity index is 1.58. The van der Waals surface area contributed by atoms with Crippen LogP contribution in [0.2, 0.25) is 5.28 Å². The molecule has 1 aromatic heterocycles. The highest BCUT2D eigenvalue weighted by atomic mass is 35.5. The summed E-state index contributed by atoms with van der Waals surface area (Å²) in [5, 5.41) is 0.328. The van der Waals surface area contributed by atoms with Gasteiger partial charge >= 0.3 is 0 Å². The molecule has 4 rings (SSSR count). The van der Waals surface area contributed by atoms with Crippen LogP contribution in [-0.4, -0.2) is 41.1 Å². The van der Waals surface area contributed by atoms with E-state index in [-0.39, 0.29) is 0 Å². The van der Waals surface area contributed by atoms with Gasteiger partial charge in [0.05, 0.1) is 0 Å². The first-order valence-electron chi connectivity index (χ1n) is 7.71. The summed E-state index contributed by atoms with van der Waals surface area (Å²) >= 11 is 6.11. The number of halogens is 1. The highest BCUT2D eigenvalue weighted by Crippen LogP contribution is 2.39. The first kappa shape index (κ1) is 12.6. The van der Waals surface area contributed by atoms with Crippen molar-refractivity contribution < 1.29 is 0 Å². The topological polar surface area (TPSA) is 45.2 Å². The minimum absolute atomic E-state index is 0.328. The van der Waals surface area contributed by atoms with Gasteiger partial charge < -0.3 is 9.80 Å². The molecule has 3 aliphatic rings. The normalized spacial score (nSPS) is 29.2. The predicted octanol–water partition coefficient (Wildman–Crippen LogP) is 2.36. The Morgan fingerprint density at radius 3 is 2.05 bits per heavy atom. The van der Waals surface area contributed by atoms with Crippen LogP contribution in [0.3, 0.4) is 0 Å². The number of aromatic nitrogens is 3. The van der Waals surface area contributed by atoms with Crippen molar-refractivity contribution in [3.05, 3.63) is 5.28 Å². The van der Waals surface area contributed by atoms with Crippen molar-refractivity contribution in [3.63, 3.8) is 0 Å². The monoisotopic (exact) mass is 293 g/mol. The molecular formula is C14H20ClN5. The summed E-state index contributed by atoms with van der Waals surface area (Å²) in [6.45, 7) is 4.24. The van der Waals surface area contributed by atoms with Crippen LogP contribution in [0.5, 0.6) is 0 Å². The molecule has 108 valence electrons. The van der Waals surface area contributed by atoms with Crippen molar-refractivity contribution >= 4 is 23.5 Å². The van der Waals surface area contributed by atoms with E-state index in [0.29, 0.717) is 5.28 Å². The van der Waals surface area contributed by atoms with E-state index >= 15 is 0 Å². The SMILES string of the molecule is Clc1nc(N2CCCC2)nc(N2CC3CCCC3C2)n1. The lowest BCUT2D eigenvalue weighted by Crippen LogP contribution is -2.26. The van der Waals surface area contributed by atoms with Gasteiger partial charge in [0, 0.05) is 26.2 Å². The fourth-order valence-electron chi connectivity index (χ4n) is 3.93. The van der Waals surface area contributed by atoms with E-state index in [1.54, 1.807) is 0 Å². The molecule has 0 bridgehead atoms. The van der Waals surface area contributed by atoms with Crippen LogP contribution in [0.25, 0.3) is 0 Å². The van der Waals surface area contributed by atoms with Gasteiger partial charge in [-0.25, -0.2) is 0 Å². The standard InChI is InChI=1S/C14H20ClN5/c15-12-16-13(19-6-1-2-7-19)18-14(17-12)20-8-10-4-3-5-11(10)9-20/h10-11H,1-9H2. The highest BCUT2D eigenvalue weighted by molar-refractivity contribution is 6.28. The molecule has 2 unspecified atom stereocenters. The van der Waals surface area contributed by atoms with E-state index < -0.39 is 0 Å². The smallest absolute Gasteiger partial charge is 0.231 e. The molecule has 5 nitrogen and oxygen atoms in total. The van der Waals surface area contributed by atoms with Crippen LogP contribution in [0.4, 0.5) is 11.9 Å². The number of nitrogens with zero attached hydrogens (tertiary/aromatic N) is 5. The predicted molar refractivity (Wildman–Crippen MR) is 79.3 cm³/mol. The molecule has 0 aromatic carbocycles. The number of anilines is 2. The van der Waals surface area contributed by atoms with Crippen LogP contribution in [0, 0.1) is 11.8 Å². The Morgan fingerprint density at radius 1 is 0.800 bits per heavy atom. The summed E-state index contributed by atoms with van der Waals surface area (Å²) in [5.74, 6) is 3.21. The molecular weight excluding hydrogens is 274 g/mol. The minimum Gasteiger partial charge on any atom is -0.341 e. The van der Waals surface area contributed by atoms with Gasteiger partial charge in [0.25, 0.3) is 0 Å². The van der Waals surface area contributed by atoms with Gasteiger partial charge in [-0.1, -0.05) is 6.42 Å². The maximum Gasteiger partial charge on any atom is 0.231 e. The van der Waals surface area contributed by atoms with Gasteiger partial charge in [0.2, 0.25) is 17.2 Å². The maximum atomic E-state index is 6.11. The van der Waals surface area contributed by atoms with Crippen molar-refractivity contribution in [2.45, 2.75) is 32.1 Å². The molecule has 0 spiro atoms. The molecule has 3 heterocycles. The Labute approximate surface area is 124 Å². The molecule has 0 amide bonds. The molecule has 2 aliphatic heterocycles. The first-order chi connectivity index (χ1) is 9.79. The Hall–Kier alpha value is -1.10. The fraction of sp³-hybridized carbons (Fsp3) is 0.786. The number of fused-ring (bicyclic) bond motifs is 1. The van der Waals surface area contributed by atoms with E-state index in [2.05, 4.69) is 24.8 Å². The average molecular weight is 294 g/mol. The van der Waals surface area contributed by atoms with E-state index in [9.17, 15) is 0 Å². The van der Waals surface area contributed by atoms with E-state index in [0.717, 1.165) is 49.9 Å². The molecule has 2 saturated heterocycles. The fourth-order valence-corrected chi connectivity index (χ4v) is 4.08. The zero-order valence-electron chi connectivity index (χ0n) is 11.6. The lowest BCUT2D eigenvalue weighted by Gasteiger charge is -2.20. The summed E-state index contributed by atoms with van der Waals surface area (Å²) in [6, 6.07) is 0. The Bertz CT molecular complexity index is 490. The molecule has 0 radical (unpaired) electrons. The maximum absolute atomic E-state index is 6.11. The summed E-state index contributed by atoms with van der Waals surface area (Å²) < 4.78 is 0. The molecule has 6 heteroatoms. The first-order valence-corrected chi connectivity index (χ1v) is 8.09. The highest BCUT2D eigenvalue weighted by Gasteiger charge is 2.37. The molecule has 3 fully saturated rings. The van der Waals surface area contributed by atoms with Crippen LogP contribution in [0.1, 0.15) is 32.1 Å². The van der Waals surface area contributed by atoms with Gasteiger partial charge in [-0.15, -0.1) is 0 Å². The molecule has 2 atom stereocenters. The number of hydrogen-bond donors (Lipinski definition) is 0. The van der Waals surface area contributed by atoms with Crippen molar-refractivity contribution in [2.75, 3.05) is 36.0 Å². The zero-order chi connectivity index (χ0) is 13.5. The second-order valence-electron chi connectivity index (χ2n) is 6.25. The lowest BCUT2D eigenvalue weighted by atomic mass is 10.0. The molecule has 1 saturated carbocycles. The summed E-state index contributed by atoms with van der Waals surface area (Å²) in [6.07, 6.45) is 6.54. The van der Waals surface area contributed by atoms with Crippen LogP contribution in [-0.2, 0) is 0 Å². The van der Waals surface area contributed by atoms with Gasteiger partial charge in [-0.3, -0.25) is 0 Å². The molecule has 0 N–H and O–H groups in total. The third-order valence-electron chi connectivity index (χ3n) is 4.98. The van der Waals surface area contributed by atoms with Crippen LogP contribution < -0.4 is 9.80 Å². The second-order valence-corrected chi connectivity index (χ2v) is 6.59. The lowest BCUT2D eigenvalue weighted by molar-refractivity contribution is 0.494. The van der Waals surface area contributed by atoms with Crippen LogP contribution >= 0.6 is 11.6 Å². The largest absolute Gasteiger partial charge is 0.341 e. The van der Waals surface area contributed by atoms with Gasteiger partial charge in [0.15, 0.2) is 0 Å². The third-order valence-corrected chi connectivity index (χ3v) is 5.15. The van der Waals surface area contributed by atoms with Crippen molar-refractivity contribution in [3.8, 4) is 0 Å². The molecule has 1 aromatic rings. The van der Waals surface area contributed by atoms with Crippen molar-refractivity contribution in [1.29, 1.82) is 0 Å². The van der Waals surface area contributed by atoms with E-state index in [1.165, 1.54) is 32.1 Å². The molecule has 20 heavy (non-hydrogen) atoms. The van der Waals surface area contributed by atoms with Crippen LogP contribution in [0.15, 0.2) is 0 Å².